The molecule has 1 aliphatic rings. The number of hydrogen-bond donors (Lipinski definition) is 2. The van der Waals surface area contributed by atoms with Crippen molar-refractivity contribution in [2.75, 3.05) is 26.2 Å². The van der Waals surface area contributed by atoms with Gasteiger partial charge in [-0.15, -0.1) is 0 Å². The van der Waals surface area contributed by atoms with Crippen LogP contribution in [-0.4, -0.2) is 49.9 Å². The molecule has 0 bridgehead atoms. The molecule has 0 radical (unpaired) electrons. The largest absolute Gasteiger partial charge is 0.387 e. The summed E-state index contributed by atoms with van der Waals surface area (Å²) in [5, 5.41) is 9.48. The van der Waals surface area contributed by atoms with E-state index < -0.39 is 33.0 Å². The predicted octanol–water partition coefficient (Wildman–Crippen LogP) is 1.01. The summed E-state index contributed by atoms with van der Waals surface area (Å²) >= 11 is 0. The van der Waals surface area contributed by atoms with E-state index in [2.05, 4.69) is 4.72 Å². The lowest BCUT2D eigenvalue weighted by atomic mass is 10.1. The summed E-state index contributed by atoms with van der Waals surface area (Å²) in [7, 11) is -3.38. The third-order valence-corrected chi connectivity index (χ3v) is 5.73. The van der Waals surface area contributed by atoms with Crippen molar-refractivity contribution in [3.05, 3.63) is 35.4 Å². The van der Waals surface area contributed by atoms with Crippen LogP contribution in [-0.2, 0) is 10.0 Å². The zero-order valence-corrected chi connectivity index (χ0v) is 13.1. The highest BCUT2D eigenvalue weighted by Crippen LogP contribution is 2.24. The van der Waals surface area contributed by atoms with E-state index in [1.807, 2.05) is 0 Å². The van der Waals surface area contributed by atoms with Gasteiger partial charge in [0.05, 0.1) is 16.9 Å². The Morgan fingerprint density at radius 2 is 2.05 bits per heavy atom. The molecule has 5 nitrogen and oxygen atoms in total. The van der Waals surface area contributed by atoms with Crippen molar-refractivity contribution in [1.29, 1.82) is 0 Å². The SMILES string of the molecule is CCNS(=O)(=O)C1CCN(CC(O)c2c(F)cccc2F)C1. The lowest BCUT2D eigenvalue weighted by Crippen LogP contribution is -2.37. The number of aliphatic hydroxyl groups is 1. The molecular weight excluding hydrogens is 314 g/mol. The smallest absolute Gasteiger partial charge is 0.215 e. The number of benzene rings is 1. The van der Waals surface area contributed by atoms with Gasteiger partial charge in [0.2, 0.25) is 10.0 Å². The topological polar surface area (TPSA) is 69.6 Å². The van der Waals surface area contributed by atoms with Crippen LogP contribution in [0.1, 0.15) is 25.0 Å². The fourth-order valence-electron chi connectivity index (χ4n) is 2.70. The average molecular weight is 334 g/mol. The van der Waals surface area contributed by atoms with Crippen LogP contribution in [0.5, 0.6) is 0 Å². The maximum atomic E-state index is 13.6. The third-order valence-electron chi connectivity index (χ3n) is 3.78. The second-order valence-electron chi connectivity index (χ2n) is 5.36. The van der Waals surface area contributed by atoms with Gasteiger partial charge < -0.3 is 5.11 Å². The number of aliphatic hydroxyl groups excluding tert-OH is 1. The van der Waals surface area contributed by atoms with Gasteiger partial charge in [-0.1, -0.05) is 13.0 Å². The molecule has 8 heteroatoms. The third kappa shape index (κ3) is 3.81. The van der Waals surface area contributed by atoms with Crippen LogP contribution in [0.25, 0.3) is 0 Å². The first-order valence-electron chi connectivity index (χ1n) is 7.18. The van der Waals surface area contributed by atoms with E-state index in [9.17, 15) is 22.3 Å². The van der Waals surface area contributed by atoms with Gasteiger partial charge in [-0.3, -0.25) is 4.90 Å². The first-order chi connectivity index (χ1) is 10.3. The number of nitrogens with one attached hydrogen (secondary N) is 1. The minimum atomic E-state index is -3.38. The van der Waals surface area contributed by atoms with Crippen LogP contribution in [0.15, 0.2) is 18.2 Å². The van der Waals surface area contributed by atoms with E-state index in [0.717, 1.165) is 12.1 Å². The lowest BCUT2D eigenvalue weighted by molar-refractivity contribution is 0.119. The van der Waals surface area contributed by atoms with Crippen LogP contribution in [0.4, 0.5) is 8.78 Å². The molecule has 2 rings (SSSR count). The van der Waals surface area contributed by atoms with E-state index >= 15 is 0 Å². The van der Waals surface area contributed by atoms with Gasteiger partial charge in [0.15, 0.2) is 0 Å². The summed E-state index contributed by atoms with van der Waals surface area (Å²) in [4.78, 5) is 1.70. The van der Waals surface area contributed by atoms with Crippen LogP contribution >= 0.6 is 0 Å². The Balaban J connectivity index is 2.01. The number of likely N-dealkylation sites (tertiary alicyclic amines) is 1. The summed E-state index contributed by atoms with van der Waals surface area (Å²) in [6.07, 6.45) is -0.899. The molecular formula is C14H20F2N2O3S. The highest BCUT2D eigenvalue weighted by Gasteiger charge is 2.33. The molecule has 0 amide bonds. The second-order valence-corrected chi connectivity index (χ2v) is 7.41. The molecule has 0 saturated carbocycles. The fraction of sp³-hybridized carbons (Fsp3) is 0.571. The number of rotatable bonds is 6. The van der Waals surface area contributed by atoms with Gasteiger partial charge >= 0.3 is 0 Å². The van der Waals surface area contributed by atoms with Gasteiger partial charge in [-0.25, -0.2) is 21.9 Å². The molecule has 0 aliphatic carbocycles. The second kappa shape index (κ2) is 6.99. The van der Waals surface area contributed by atoms with Crippen molar-refractivity contribution >= 4 is 10.0 Å². The van der Waals surface area contributed by atoms with E-state index in [1.54, 1.807) is 11.8 Å². The number of sulfonamides is 1. The van der Waals surface area contributed by atoms with E-state index in [1.165, 1.54) is 6.07 Å². The molecule has 0 aromatic heterocycles. The van der Waals surface area contributed by atoms with Gasteiger partial charge in [0.25, 0.3) is 0 Å². The molecule has 1 aromatic carbocycles. The fourth-order valence-corrected chi connectivity index (χ4v) is 4.16. The van der Waals surface area contributed by atoms with Crippen molar-refractivity contribution in [2.24, 2.45) is 0 Å². The van der Waals surface area contributed by atoms with E-state index in [0.29, 0.717) is 19.5 Å². The van der Waals surface area contributed by atoms with Crippen LogP contribution in [0, 0.1) is 11.6 Å². The van der Waals surface area contributed by atoms with Crippen LogP contribution in [0.2, 0.25) is 0 Å². The van der Waals surface area contributed by atoms with Gasteiger partial charge in [0.1, 0.15) is 11.6 Å². The van der Waals surface area contributed by atoms with Gasteiger partial charge in [0, 0.05) is 19.6 Å². The lowest BCUT2D eigenvalue weighted by Gasteiger charge is -2.21. The normalized spacial score (nSPS) is 21.2. The van der Waals surface area contributed by atoms with Crippen molar-refractivity contribution in [2.45, 2.75) is 24.7 Å². The Hall–Kier alpha value is -1.09. The van der Waals surface area contributed by atoms with Crippen molar-refractivity contribution in [1.82, 2.24) is 9.62 Å². The molecule has 22 heavy (non-hydrogen) atoms. The predicted molar refractivity (Wildman–Crippen MR) is 78.8 cm³/mol. The Morgan fingerprint density at radius 3 is 2.64 bits per heavy atom. The summed E-state index contributed by atoms with van der Waals surface area (Å²) < 4.78 is 53.5. The van der Waals surface area contributed by atoms with Crippen molar-refractivity contribution in [3.8, 4) is 0 Å². The molecule has 0 spiro atoms. The maximum Gasteiger partial charge on any atom is 0.215 e. The molecule has 1 aromatic rings. The summed E-state index contributed by atoms with van der Waals surface area (Å²) in [5.41, 5.74) is -0.375. The minimum Gasteiger partial charge on any atom is -0.387 e. The molecule has 2 atom stereocenters. The minimum absolute atomic E-state index is 0.00397. The highest BCUT2D eigenvalue weighted by molar-refractivity contribution is 7.90. The van der Waals surface area contributed by atoms with Crippen LogP contribution < -0.4 is 4.72 Å². The number of nitrogens with zero attached hydrogens (tertiary/aromatic N) is 1. The molecule has 1 fully saturated rings. The zero-order chi connectivity index (χ0) is 16.3. The van der Waals surface area contributed by atoms with Crippen molar-refractivity contribution in [3.63, 3.8) is 0 Å². The first-order valence-corrected chi connectivity index (χ1v) is 8.72. The molecule has 124 valence electrons. The Kier molecular flexibility index (Phi) is 5.49. The molecule has 2 N–H and O–H groups in total. The monoisotopic (exact) mass is 334 g/mol. The number of β-amino-alcohol motifs (C(OH)–C–C–N with tert-alkyl or cyclic N) is 1. The molecule has 2 unspecified atom stereocenters. The first kappa shape index (κ1) is 17.3. The molecule has 1 saturated heterocycles. The summed E-state index contributed by atoms with van der Waals surface area (Å²) in [6.45, 7) is 2.72. The van der Waals surface area contributed by atoms with Crippen molar-refractivity contribution < 1.29 is 22.3 Å². The Morgan fingerprint density at radius 1 is 1.41 bits per heavy atom. The molecule has 1 heterocycles. The number of hydrogen-bond acceptors (Lipinski definition) is 4. The van der Waals surface area contributed by atoms with E-state index in [4.69, 9.17) is 0 Å². The van der Waals surface area contributed by atoms with Crippen LogP contribution in [0.3, 0.4) is 0 Å². The van der Waals surface area contributed by atoms with Gasteiger partial charge in [-0.2, -0.15) is 0 Å². The quantitative estimate of drug-likeness (QED) is 0.815. The summed E-state index contributed by atoms with van der Waals surface area (Å²) in [6, 6.07) is 3.41. The van der Waals surface area contributed by atoms with Gasteiger partial charge in [-0.05, 0) is 25.1 Å². The zero-order valence-electron chi connectivity index (χ0n) is 12.3. The standard InChI is InChI=1S/C14H20F2N2O3S/c1-2-17-22(20,21)10-6-7-18(8-10)9-13(19)14-11(15)4-3-5-12(14)16/h3-5,10,13,17,19H,2,6-9H2,1H3. The highest BCUT2D eigenvalue weighted by atomic mass is 32.2. The Bertz CT molecular complexity index is 604. The average Bonchev–Trinajstić information content (AvgIpc) is 2.87. The number of halogens is 2. The summed E-state index contributed by atoms with van der Waals surface area (Å²) in [5.74, 6) is -1.60. The molecule has 1 aliphatic heterocycles. The maximum absolute atomic E-state index is 13.6. The van der Waals surface area contributed by atoms with E-state index in [-0.39, 0.29) is 18.7 Å². The Labute approximate surface area is 129 Å².